The first-order chi connectivity index (χ1) is 15.3. The van der Waals surface area contributed by atoms with Crippen LogP contribution < -0.4 is 4.74 Å². The summed E-state index contributed by atoms with van der Waals surface area (Å²) in [5.41, 5.74) is 2.34. The minimum Gasteiger partial charge on any atom is -0.487 e. The highest BCUT2D eigenvalue weighted by Crippen LogP contribution is 2.31. The molecular formula is C22H28N6O3S. The van der Waals surface area contributed by atoms with Crippen molar-refractivity contribution < 1.29 is 14.3 Å². The molecule has 10 heteroatoms. The lowest BCUT2D eigenvalue weighted by molar-refractivity contribution is 0.0204. The maximum atomic E-state index is 12.3. The Bertz CT molecular complexity index is 1050. The Labute approximate surface area is 191 Å². The molecule has 32 heavy (non-hydrogen) atoms. The highest BCUT2D eigenvalue weighted by atomic mass is 32.1. The van der Waals surface area contributed by atoms with Crippen LogP contribution in [-0.4, -0.2) is 54.9 Å². The molecule has 0 aliphatic carbocycles. The van der Waals surface area contributed by atoms with Gasteiger partial charge in [0.15, 0.2) is 0 Å². The smallest absolute Gasteiger partial charge is 0.410 e. The van der Waals surface area contributed by atoms with Gasteiger partial charge in [0.25, 0.3) is 0 Å². The number of aromatic nitrogens is 5. The molecule has 0 saturated carbocycles. The third-order valence-corrected chi connectivity index (χ3v) is 6.27. The Morgan fingerprint density at radius 1 is 1.25 bits per heavy atom. The van der Waals surface area contributed by atoms with Crippen molar-refractivity contribution in [3.8, 4) is 11.4 Å². The van der Waals surface area contributed by atoms with Gasteiger partial charge in [-0.2, -0.15) is 0 Å². The summed E-state index contributed by atoms with van der Waals surface area (Å²) in [6.07, 6.45) is 3.12. The van der Waals surface area contributed by atoms with Gasteiger partial charge in [0.2, 0.25) is 0 Å². The number of aryl methyl sites for hydroxylation is 1. The molecule has 0 unspecified atom stereocenters. The van der Waals surface area contributed by atoms with Crippen molar-refractivity contribution in [3.05, 3.63) is 46.2 Å². The number of carbonyl (C=O) groups excluding carboxylic acids is 1. The van der Waals surface area contributed by atoms with Crippen LogP contribution in [0.3, 0.4) is 0 Å². The quantitative estimate of drug-likeness (QED) is 0.570. The average molecular weight is 457 g/mol. The standard InChI is InChI=1S/C22H28N6O3S/c1-15-11-18(28-14-23-25-26-28)5-6-19(15)30-12-17-13-32-20(24-17)16-7-9-27(10-8-16)21(29)31-22(2,3)4/h5-6,11,13-14,16H,7-10,12H2,1-4H3. The Morgan fingerprint density at radius 2 is 2.03 bits per heavy atom. The van der Waals surface area contributed by atoms with Crippen LogP contribution in [0.2, 0.25) is 0 Å². The fourth-order valence-corrected chi connectivity index (χ4v) is 4.56. The van der Waals surface area contributed by atoms with E-state index in [1.165, 1.54) is 0 Å². The number of nitrogens with zero attached hydrogens (tertiary/aromatic N) is 6. The fourth-order valence-electron chi connectivity index (χ4n) is 3.58. The number of likely N-dealkylation sites (tertiary alicyclic amines) is 1. The third-order valence-electron chi connectivity index (χ3n) is 5.21. The first-order valence-electron chi connectivity index (χ1n) is 10.7. The SMILES string of the molecule is Cc1cc(-n2cnnn2)ccc1OCc1csc(C2CCN(C(=O)OC(C)(C)C)CC2)n1. The van der Waals surface area contributed by atoms with Crippen molar-refractivity contribution in [2.45, 2.75) is 58.7 Å². The van der Waals surface area contributed by atoms with E-state index in [1.807, 2.05) is 45.9 Å². The van der Waals surface area contributed by atoms with Gasteiger partial charge in [0.05, 0.1) is 16.4 Å². The molecule has 0 spiro atoms. The minimum absolute atomic E-state index is 0.231. The average Bonchev–Trinajstić information content (AvgIpc) is 3.44. The maximum absolute atomic E-state index is 12.3. The van der Waals surface area contributed by atoms with E-state index in [0.29, 0.717) is 25.6 Å². The van der Waals surface area contributed by atoms with Crippen LogP contribution in [0.25, 0.3) is 5.69 Å². The molecule has 0 atom stereocenters. The van der Waals surface area contributed by atoms with Gasteiger partial charge >= 0.3 is 6.09 Å². The number of benzene rings is 1. The van der Waals surface area contributed by atoms with E-state index >= 15 is 0 Å². The zero-order valence-electron chi connectivity index (χ0n) is 18.8. The van der Waals surface area contributed by atoms with Gasteiger partial charge in [0, 0.05) is 24.4 Å². The molecule has 1 aromatic carbocycles. The number of rotatable bonds is 5. The Hall–Kier alpha value is -3.01. The summed E-state index contributed by atoms with van der Waals surface area (Å²) in [5.74, 6) is 1.17. The van der Waals surface area contributed by atoms with Crippen molar-refractivity contribution in [2.24, 2.45) is 0 Å². The van der Waals surface area contributed by atoms with Crippen LogP contribution in [0.4, 0.5) is 4.79 Å². The monoisotopic (exact) mass is 456 g/mol. The summed E-state index contributed by atoms with van der Waals surface area (Å²) in [4.78, 5) is 18.8. The van der Waals surface area contributed by atoms with E-state index in [0.717, 1.165) is 40.5 Å². The molecule has 3 aromatic rings. The second kappa shape index (κ2) is 9.23. The predicted octanol–water partition coefficient (Wildman–Crippen LogP) is 4.12. The number of thiazole rings is 1. The number of carbonyl (C=O) groups is 1. The van der Waals surface area contributed by atoms with Gasteiger partial charge in [-0.3, -0.25) is 0 Å². The number of amides is 1. The van der Waals surface area contributed by atoms with Crippen LogP contribution in [-0.2, 0) is 11.3 Å². The Balaban J connectivity index is 1.30. The molecule has 0 radical (unpaired) electrons. The first kappa shape index (κ1) is 22.2. The van der Waals surface area contributed by atoms with Gasteiger partial charge in [-0.15, -0.1) is 16.4 Å². The highest BCUT2D eigenvalue weighted by molar-refractivity contribution is 7.09. The zero-order valence-corrected chi connectivity index (χ0v) is 19.6. The summed E-state index contributed by atoms with van der Waals surface area (Å²) in [7, 11) is 0. The minimum atomic E-state index is -0.468. The summed E-state index contributed by atoms with van der Waals surface area (Å²) in [6, 6.07) is 5.83. The molecule has 1 amide bonds. The molecule has 1 saturated heterocycles. The zero-order chi connectivity index (χ0) is 22.7. The number of hydrogen-bond donors (Lipinski definition) is 0. The lowest BCUT2D eigenvalue weighted by atomic mass is 9.98. The van der Waals surface area contributed by atoms with E-state index in [-0.39, 0.29) is 6.09 Å². The van der Waals surface area contributed by atoms with Gasteiger partial charge in [-0.05, 0) is 74.7 Å². The van der Waals surface area contributed by atoms with Gasteiger partial charge in [-0.25, -0.2) is 14.5 Å². The van der Waals surface area contributed by atoms with Gasteiger partial charge < -0.3 is 14.4 Å². The molecule has 1 aliphatic heterocycles. The molecular weight excluding hydrogens is 428 g/mol. The van der Waals surface area contributed by atoms with Gasteiger partial charge in [0.1, 0.15) is 24.3 Å². The first-order valence-corrected chi connectivity index (χ1v) is 11.6. The second-order valence-electron chi connectivity index (χ2n) is 8.91. The number of ether oxygens (including phenoxy) is 2. The summed E-state index contributed by atoms with van der Waals surface area (Å²) < 4.78 is 13.1. The lowest BCUT2D eigenvalue weighted by Crippen LogP contribution is -2.41. The van der Waals surface area contributed by atoms with Crippen molar-refractivity contribution in [2.75, 3.05) is 13.1 Å². The van der Waals surface area contributed by atoms with Crippen molar-refractivity contribution >= 4 is 17.4 Å². The van der Waals surface area contributed by atoms with E-state index in [2.05, 4.69) is 20.9 Å². The van der Waals surface area contributed by atoms with Crippen molar-refractivity contribution in [3.63, 3.8) is 0 Å². The molecule has 1 aliphatic rings. The number of hydrogen-bond acceptors (Lipinski definition) is 8. The number of tetrazole rings is 1. The highest BCUT2D eigenvalue weighted by Gasteiger charge is 2.28. The summed E-state index contributed by atoms with van der Waals surface area (Å²) >= 11 is 1.66. The van der Waals surface area contributed by atoms with Crippen LogP contribution in [0.5, 0.6) is 5.75 Å². The third kappa shape index (κ3) is 5.42. The molecule has 0 bridgehead atoms. The van der Waals surface area contributed by atoms with Crippen LogP contribution >= 0.6 is 11.3 Å². The molecule has 9 nitrogen and oxygen atoms in total. The van der Waals surface area contributed by atoms with E-state index in [1.54, 1.807) is 27.2 Å². The topological polar surface area (TPSA) is 95.3 Å². The van der Waals surface area contributed by atoms with Crippen LogP contribution in [0.1, 0.15) is 55.8 Å². The molecule has 2 aromatic heterocycles. The Morgan fingerprint density at radius 3 is 2.69 bits per heavy atom. The van der Waals surface area contributed by atoms with Crippen LogP contribution in [0.15, 0.2) is 29.9 Å². The molecule has 4 rings (SSSR count). The van der Waals surface area contributed by atoms with Crippen LogP contribution in [0, 0.1) is 6.92 Å². The lowest BCUT2D eigenvalue weighted by Gasteiger charge is -2.32. The normalized spacial score (nSPS) is 15.1. The molecule has 1 fully saturated rings. The van der Waals surface area contributed by atoms with E-state index in [4.69, 9.17) is 14.5 Å². The summed E-state index contributed by atoms with van der Waals surface area (Å²) in [5, 5.41) is 14.4. The van der Waals surface area contributed by atoms with Crippen molar-refractivity contribution in [1.29, 1.82) is 0 Å². The van der Waals surface area contributed by atoms with Gasteiger partial charge in [-0.1, -0.05) is 0 Å². The predicted molar refractivity (Wildman–Crippen MR) is 120 cm³/mol. The molecule has 3 heterocycles. The van der Waals surface area contributed by atoms with Crippen molar-refractivity contribution in [1.82, 2.24) is 30.1 Å². The second-order valence-corrected chi connectivity index (χ2v) is 9.80. The fraction of sp³-hybridized carbons (Fsp3) is 0.500. The Kier molecular flexibility index (Phi) is 6.40. The molecule has 0 N–H and O–H groups in total. The maximum Gasteiger partial charge on any atom is 0.410 e. The summed E-state index contributed by atoms with van der Waals surface area (Å²) in [6.45, 7) is 9.46. The largest absolute Gasteiger partial charge is 0.487 e. The van der Waals surface area contributed by atoms with E-state index in [9.17, 15) is 4.79 Å². The number of piperidine rings is 1. The molecule has 170 valence electrons. The van der Waals surface area contributed by atoms with E-state index < -0.39 is 5.60 Å².